The molecule has 0 saturated heterocycles. The van der Waals surface area contributed by atoms with Crippen molar-refractivity contribution in [3.05, 3.63) is 138 Å². The van der Waals surface area contributed by atoms with E-state index in [2.05, 4.69) is 57.3 Å². The molecule has 3 aliphatic rings. The van der Waals surface area contributed by atoms with Crippen LogP contribution in [0, 0.1) is 17.5 Å². The number of amides is 1. The number of fused-ring (bicyclic) bond motifs is 1. The number of carbonyl (C=O) groups excluding carboxylic acids is 2. The number of nitrogens with one attached hydrogen (secondary N) is 3. The summed E-state index contributed by atoms with van der Waals surface area (Å²) in [6.45, 7) is 5.85. The Morgan fingerprint density at radius 2 is 1.19 bits per heavy atom. The van der Waals surface area contributed by atoms with E-state index in [1.54, 1.807) is 30.6 Å². The number of carbonyl (C=O) groups is 3. The summed E-state index contributed by atoms with van der Waals surface area (Å²) >= 11 is 9.53. The highest BCUT2D eigenvalue weighted by Crippen LogP contribution is 2.42. The molecule has 3 saturated carbocycles. The number of rotatable bonds is 12. The number of aromatic carboxylic acids is 1. The number of carboxylic acid groups (broad SMARTS) is 1. The Morgan fingerprint density at radius 1 is 0.707 bits per heavy atom. The van der Waals surface area contributed by atoms with Gasteiger partial charge in [0, 0.05) is 36.7 Å². The fourth-order valence-corrected chi connectivity index (χ4v) is 6.91. The molecule has 4 aromatic heterocycles. The molecular formula is C51H54Cl2F6N12O4. The lowest BCUT2D eigenvalue weighted by atomic mass is 10.1. The third-order valence-electron chi connectivity index (χ3n) is 10.9. The van der Waals surface area contributed by atoms with Crippen LogP contribution in [0.15, 0.2) is 92.2 Å². The van der Waals surface area contributed by atoms with Crippen LogP contribution in [0.25, 0.3) is 22.4 Å². The number of halogens is 8. The highest BCUT2D eigenvalue weighted by Gasteiger charge is 2.30. The molecule has 0 aliphatic heterocycles. The van der Waals surface area contributed by atoms with Gasteiger partial charge in [0.25, 0.3) is 5.91 Å². The Morgan fingerprint density at radius 3 is 1.71 bits per heavy atom. The molecule has 0 bridgehead atoms. The molecule has 0 spiro atoms. The van der Waals surface area contributed by atoms with Crippen LogP contribution < -0.4 is 21.7 Å². The number of aldehydes is 1. The monoisotopic (exact) mass is 1080 g/mol. The van der Waals surface area contributed by atoms with Crippen LogP contribution in [-0.4, -0.2) is 86.3 Å². The van der Waals surface area contributed by atoms with E-state index in [-0.39, 0.29) is 34.3 Å². The zero-order valence-electron chi connectivity index (χ0n) is 40.9. The van der Waals surface area contributed by atoms with Crippen LogP contribution in [0.4, 0.5) is 49.1 Å². The number of benzene rings is 3. The Balaban J connectivity index is 0.000000181. The minimum absolute atomic E-state index is 0.190. The predicted octanol–water partition coefficient (Wildman–Crippen LogP) is 11.4. The fourth-order valence-electron chi connectivity index (χ4n) is 6.91. The van der Waals surface area contributed by atoms with Crippen LogP contribution in [0.3, 0.4) is 0 Å². The first kappa shape index (κ1) is 58.4. The van der Waals surface area contributed by atoms with Crippen molar-refractivity contribution in [2.75, 3.05) is 27.0 Å². The van der Waals surface area contributed by atoms with Gasteiger partial charge in [-0.25, -0.2) is 52.9 Å². The van der Waals surface area contributed by atoms with Crippen molar-refractivity contribution in [3.8, 4) is 11.4 Å². The molecule has 0 unspecified atom stereocenters. The van der Waals surface area contributed by atoms with Gasteiger partial charge in [-0.1, -0.05) is 20.8 Å². The number of hydrogen-bond acceptors (Lipinski definition) is 13. The number of hydrogen-bond donors (Lipinski definition) is 5. The van der Waals surface area contributed by atoms with Gasteiger partial charge < -0.3 is 31.4 Å². The summed E-state index contributed by atoms with van der Waals surface area (Å²) < 4.78 is 73.1. The predicted molar refractivity (Wildman–Crippen MR) is 275 cm³/mol. The SMILES string of the molecule is CCc1ncncc1-c1nc2ccc(F)cc2n1C1CC1.CCc1ncncc1C(=O)Nc1ccc(F)cc1NC1CC1.CCc1ncncc1C(=O)O.ClCCl.Nc1ccc(F)cc1NC1CC1.O=CC(F)(F)F. The molecule has 16 nitrogen and oxygen atoms in total. The first-order valence-corrected chi connectivity index (χ1v) is 24.6. The zero-order valence-corrected chi connectivity index (χ0v) is 42.4. The number of alkyl halides is 5. The third-order valence-corrected chi connectivity index (χ3v) is 10.9. The second-order valence-corrected chi connectivity index (χ2v) is 17.5. The topological polar surface area (TPSA) is 229 Å². The van der Waals surface area contributed by atoms with Crippen molar-refractivity contribution >= 4 is 75.1 Å². The van der Waals surface area contributed by atoms with Gasteiger partial charge >= 0.3 is 12.1 Å². The van der Waals surface area contributed by atoms with Gasteiger partial charge in [-0.2, -0.15) is 13.2 Å². The number of nitrogens with two attached hydrogens (primary N) is 1. The van der Waals surface area contributed by atoms with E-state index in [0.717, 1.165) is 78.7 Å². The highest BCUT2D eigenvalue weighted by atomic mass is 35.5. The van der Waals surface area contributed by atoms with Crippen molar-refractivity contribution in [1.29, 1.82) is 0 Å². The molecule has 3 aromatic carbocycles. The molecule has 398 valence electrons. The van der Waals surface area contributed by atoms with Crippen molar-refractivity contribution in [2.45, 2.75) is 103 Å². The van der Waals surface area contributed by atoms with E-state index in [1.165, 1.54) is 55.4 Å². The Hall–Kier alpha value is -7.46. The standard InChI is InChI=1S/C16H17FN4O.C16H15FN4.C9H11FN2.C7H8N2O2.C2HF3O.CH2Cl2/c1-2-13-12(8-18-9-19-13)16(22)21-14-6-3-10(17)7-15(14)20-11-4-5-11;1-2-13-12(8-18-9-19-13)16-20-14-6-3-10(17)7-15(14)21(16)11-4-5-11;10-6-1-4-8(11)9(5-6)12-7-2-3-7;1-2-6-5(7(10)11)3-8-4-9-6;3-2(4,5)1-6;2-1-3/h3,6-9,11,20H,2,4-5H2,1H3,(H,21,22);3,6-9,11H,2,4-5H2,1H3;1,4-5,7,12H,2-3,11H2;3-4H,2H2,1H3,(H,10,11);1H;1H2. The lowest BCUT2D eigenvalue weighted by molar-refractivity contribution is -0.156. The highest BCUT2D eigenvalue weighted by molar-refractivity contribution is 6.40. The van der Waals surface area contributed by atoms with Crippen molar-refractivity contribution in [3.63, 3.8) is 0 Å². The summed E-state index contributed by atoms with van der Waals surface area (Å²) in [6.07, 6.45) is 12.0. The molecule has 24 heteroatoms. The number of nitrogens with zero attached hydrogens (tertiary/aromatic N) is 8. The Kier molecular flexibility index (Phi) is 22.0. The van der Waals surface area contributed by atoms with Gasteiger partial charge in [0.1, 0.15) is 42.3 Å². The van der Waals surface area contributed by atoms with E-state index >= 15 is 0 Å². The average Bonchev–Trinajstić information content (AvgIpc) is 4.30. The summed E-state index contributed by atoms with van der Waals surface area (Å²) in [5.41, 5.74) is 13.6. The summed E-state index contributed by atoms with van der Waals surface area (Å²) in [4.78, 5) is 60.3. The maximum Gasteiger partial charge on any atom is 0.446 e. The van der Waals surface area contributed by atoms with Crippen LogP contribution in [-0.2, 0) is 24.1 Å². The Labute approximate surface area is 438 Å². The number of aromatic nitrogens is 8. The summed E-state index contributed by atoms with van der Waals surface area (Å²) in [6, 6.07) is 14.7. The summed E-state index contributed by atoms with van der Waals surface area (Å²) in [5.74, 6) is -1.21. The minimum Gasteiger partial charge on any atom is -0.478 e. The number of nitrogen functional groups attached to an aromatic ring is 1. The van der Waals surface area contributed by atoms with E-state index < -0.39 is 18.4 Å². The van der Waals surface area contributed by atoms with Crippen LogP contribution in [0.2, 0.25) is 0 Å². The first-order chi connectivity index (χ1) is 35.9. The molecule has 3 fully saturated rings. The van der Waals surface area contributed by atoms with Gasteiger partial charge in [0.2, 0.25) is 6.29 Å². The van der Waals surface area contributed by atoms with Gasteiger partial charge in [0.05, 0.1) is 72.9 Å². The maximum absolute atomic E-state index is 13.6. The lowest BCUT2D eigenvalue weighted by Crippen LogP contribution is -2.17. The molecule has 4 heterocycles. The molecule has 7 aromatic rings. The van der Waals surface area contributed by atoms with Gasteiger partial charge in [0.15, 0.2) is 0 Å². The van der Waals surface area contributed by atoms with E-state index in [1.807, 2.05) is 20.0 Å². The van der Waals surface area contributed by atoms with Gasteiger partial charge in [-0.05, 0) is 112 Å². The molecule has 1 amide bonds. The van der Waals surface area contributed by atoms with E-state index in [4.69, 9.17) is 43.8 Å². The molecule has 6 N–H and O–H groups in total. The second kappa shape index (κ2) is 28.3. The average molecular weight is 1080 g/mol. The molecule has 75 heavy (non-hydrogen) atoms. The molecule has 3 aliphatic carbocycles. The van der Waals surface area contributed by atoms with Crippen molar-refractivity contribution in [1.82, 2.24) is 39.5 Å². The van der Waals surface area contributed by atoms with Crippen LogP contribution in [0.1, 0.15) is 103 Å². The van der Waals surface area contributed by atoms with Gasteiger partial charge in [-0.3, -0.25) is 9.59 Å². The van der Waals surface area contributed by atoms with Crippen LogP contribution >= 0.6 is 23.2 Å². The summed E-state index contributed by atoms with van der Waals surface area (Å²) in [5, 5.41) is 18.0. The largest absolute Gasteiger partial charge is 0.478 e. The van der Waals surface area contributed by atoms with Crippen molar-refractivity contribution in [2.24, 2.45) is 0 Å². The zero-order chi connectivity index (χ0) is 54.7. The van der Waals surface area contributed by atoms with Crippen molar-refractivity contribution < 1.29 is 45.8 Å². The second-order valence-electron chi connectivity index (χ2n) is 16.7. The normalized spacial score (nSPS) is 13.3. The third kappa shape index (κ3) is 18.5. The molecule has 10 rings (SSSR count). The minimum atomic E-state index is -4.64. The van der Waals surface area contributed by atoms with E-state index in [0.29, 0.717) is 65.0 Å². The number of imidazole rings is 1. The first-order valence-electron chi connectivity index (χ1n) is 23.5. The smallest absolute Gasteiger partial charge is 0.446 e. The molecular weight excluding hydrogens is 1030 g/mol. The summed E-state index contributed by atoms with van der Waals surface area (Å²) in [7, 11) is 0. The number of aryl methyl sites for hydroxylation is 3. The lowest BCUT2D eigenvalue weighted by Gasteiger charge is -2.13. The maximum atomic E-state index is 13.6. The molecule has 0 radical (unpaired) electrons. The van der Waals surface area contributed by atoms with Crippen LogP contribution in [0.5, 0.6) is 0 Å². The van der Waals surface area contributed by atoms with E-state index in [9.17, 15) is 35.9 Å². The quantitative estimate of drug-likeness (QED) is 0.0332. The number of carboxylic acids is 1. The molecule has 0 atom stereocenters. The Bertz CT molecular complexity index is 3010. The van der Waals surface area contributed by atoms with Gasteiger partial charge in [-0.15, -0.1) is 23.2 Å². The fraction of sp³-hybridized carbons (Fsp3) is 0.333. The number of anilines is 4.